The summed E-state index contributed by atoms with van der Waals surface area (Å²) in [5, 5.41) is 11.2. The maximum Gasteiger partial charge on any atom is 0.225 e. The monoisotopic (exact) mass is 217 g/mol. The highest BCUT2D eigenvalue weighted by Gasteiger charge is 2.06. The van der Waals surface area contributed by atoms with E-state index in [1.807, 2.05) is 0 Å². The zero-order valence-electron chi connectivity index (χ0n) is 7.26. The molecule has 1 amide bonds. The van der Waals surface area contributed by atoms with Crippen molar-refractivity contribution in [1.29, 1.82) is 0 Å². The van der Waals surface area contributed by atoms with Gasteiger partial charge in [-0.05, 0) is 12.1 Å². The molecular formula is C9H9ClFNO2. The lowest BCUT2D eigenvalue weighted by molar-refractivity contribution is -0.115. The quantitative estimate of drug-likeness (QED) is 0.602. The number of hydrogen-bond donors (Lipinski definition) is 2. The van der Waals surface area contributed by atoms with Crippen LogP contribution in [-0.2, 0) is 4.79 Å². The molecule has 76 valence electrons. The van der Waals surface area contributed by atoms with Gasteiger partial charge in [0.1, 0.15) is 11.6 Å². The number of rotatable bonds is 3. The minimum absolute atomic E-state index is 0.0397. The first kappa shape index (κ1) is 10.8. The van der Waals surface area contributed by atoms with E-state index in [4.69, 9.17) is 16.7 Å². The van der Waals surface area contributed by atoms with E-state index in [1.165, 1.54) is 12.1 Å². The molecule has 0 saturated carbocycles. The number of halogens is 2. The van der Waals surface area contributed by atoms with Gasteiger partial charge in [0.2, 0.25) is 5.91 Å². The SMILES string of the molecule is O=C(CCCl)Nc1ccc(O)cc1F. The molecule has 0 spiro atoms. The van der Waals surface area contributed by atoms with Crippen LogP contribution in [0.2, 0.25) is 0 Å². The highest BCUT2D eigenvalue weighted by Crippen LogP contribution is 2.19. The molecule has 14 heavy (non-hydrogen) atoms. The number of nitrogens with one attached hydrogen (secondary N) is 1. The zero-order chi connectivity index (χ0) is 10.6. The molecule has 0 aromatic heterocycles. The summed E-state index contributed by atoms with van der Waals surface area (Å²) < 4.78 is 13.0. The topological polar surface area (TPSA) is 49.3 Å². The highest BCUT2D eigenvalue weighted by molar-refractivity contribution is 6.19. The number of aromatic hydroxyl groups is 1. The Labute approximate surface area is 85.5 Å². The highest BCUT2D eigenvalue weighted by atomic mass is 35.5. The van der Waals surface area contributed by atoms with Gasteiger partial charge in [-0.25, -0.2) is 4.39 Å². The summed E-state index contributed by atoms with van der Waals surface area (Å²) in [4.78, 5) is 11.0. The molecule has 2 N–H and O–H groups in total. The molecule has 1 aromatic rings. The van der Waals surface area contributed by atoms with E-state index in [1.54, 1.807) is 0 Å². The fourth-order valence-corrected chi connectivity index (χ4v) is 1.08. The Morgan fingerprint density at radius 3 is 2.86 bits per heavy atom. The number of carbonyl (C=O) groups excluding carboxylic acids is 1. The van der Waals surface area contributed by atoms with Gasteiger partial charge in [-0.15, -0.1) is 11.6 Å². The Bertz CT molecular complexity index is 344. The third-order valence-corrected chi connectivity index (χ3v) is 1.74. The number of alkyl halides is 1. The van der Waals surface area contributed by atoms with Gasteiger partial charge in [0.15, 0.2) is 0 Å². The van der Waals surface area contributed by atoms with Crippen molar-refractivity contribution in [3.8, 4) is 5.75 Å². The molecule has 0 unspecified atom stereocenters. The maximum atomic E-state index is 13.0. The summed E-state index contributed by atoms with van der Waals surface area (Å²) in [6.45, 7) is 0. The number of amides is 1. The zero-order valence-corrected chi connectivity index (χ0v) is 8.01. The summed E-state index contributed by atoms with van der Waals surface area (Å²) in [5.41, 5.74) is 0.0397. The number of benzene rings is 1. The molecule has 1 aromatic carbocycles. The van der Waals surface area contributed by atoms with E-state index < -0.39 is 5.82 Å². The second kappa shape index (κ2) is 4.81. The molecule has 0 aliphatic heterocycles. The normalized spacial score (nSPS) is 9.86. The van der Waals surface area contributed by atoms with Gasteiger partial charge in [-0.1, -0.05) is 0 Å². The first-order valence-corrected chi connectivity index (χ1v) is 4.51. The average Bonchev–Trinajstić information content (AvgIpc) is 2.10. The molecule has 0 radical (unpaired) electrons. The van der Waals surface area contributed by atoms with Crippen LogP contribution in [0.4, 0.5) is 10.1 Å². The van der Waals surface area contributed by atoms with Crippen LogP contribution in [0.3, 0.4) is 0 Å². The van der Waals surface area contributed by atoms with Gasteiger partial charge >= 0.3 is 0 Å². The maximum absolute atomic E-state index is 13.0. The Balaban J connectivity index is 2.72. The van der Waals surface area contributed by atoms with E-state index in [9.17, 15) is 9.18 Å². The van der Waals surface area contributed by atoms with Crippen molar-refractivity contribution in [2.45, 2.75) is 6.42 Å². The van der Waals surface area contributed by atoms with E-state index >= 15 is 0 Å². The molecule has 0 fully saturated rings. The van der Waals surface area contributed by atoms with Crippen LogP contribution >= 0.6 is 11.6 Å². The van der Waals surface area contributed by atoms with Gasteiger partial charge < -0.3 is 10.4 Å². The van der Waals surface area contributed by atoms with Crippen LogP contribution in [0.15, 0.2) is 18.2 Å². The summed E-state index contributed by atoms with van der Waals surface area (Å²) in [6.07, 6.45) is 0.127. The first-order valence-electron chi connectivity index (χ1n) is 3.98. The van der Waals surface area contributed by atoms with E-state index in [0.717, 1.165) is 6.07 Å². The van der Waals surface area contributed by atoms with Crippen LogP contribution in [-0.4, -0.2) is 16.9 Å². The van der Waals surface area contributed by atoms with Crippen LogP contribution in [0.5, 0.6) is 5.75 Å². The predicted octanol–water partition coefficient (Wildman–Crippen LogP) is 2.10. The van der Waals surface area contributed by atoms with Crippen molar-refractivity contribution >= 4 is 23.2 Å². The van der Waals surface area contributed by atoms with Crippen molar-refractivity contribution in [2.75, 3.05) is 11.2 Å². The number of hydrogen-bond acceptors (Lipinski definition) is 2. The molecule has 0 saturated heterocycles. The second-order valence-electron chi connectivity index (χ2n) is 2.65. The van der Waals surface area contributed by atoms with Gasteiger partial charge in [0, 0.05) is 18.4 Å². The number of phenolic OH excluding ortho intramolecular Hbond substituents is 1. The predicted molar refractivity (Wildman–Crippen MR) is 52.0 cm³/mol. The van der Waals surface area contributed by atoms with Gasteiger partial charge in [-0.3, -0.25) is 4.79 Å². The van der Waals surface area contributed by atoms with Crippen LogP contribution in [0, 0.1) is 5.82 Å². The van der Waals surface area contributed by atoms with Crippen molar-refractivity contribution in [3.05, 3.63) is 24.0 Å². The first-order chi connectivity index (χ1) is 6.63. The minimum Gasteiger partial charge on any atom is -0.508 e. The molecule has 0 aliphatic rings. The Morgan fingerprint density at radius 1 is 1.57 bits per heavy atom. The fourth-order valence-electron chi connectivity index (χ4n) is 0.904. The van der Waals surface area contributed by atoms with Crippen LogP contribution in [0.1, 0.15) is 6.42 Å². The third kappa shape index (κ3) is 2.88. The lowest BCUT2D eigenvalue weighted by Gasteiger charge is -2.05. The summed E-state index contributed by atoms with van der Waals surface area (Å²) >= 11 is 5.33. The summed E-state index contributed by atoms with van der Waals surface area (Å²) in [7, 11) is 0. The van der Waals surface area contributed by atoms with E-state index in [-0.39, 0.29) is 29.6 Å². The molecule has 0 atom stereocenters. The molecule has 0 bridgehead atoms. The Kier molecular flexibility index (Phi) is 3.71. The molecule has 0 heterocycles. The lowest BCUT2D eigenvalue weighted by Crippen LogP contribution is -2.12. The number of anilines is 1. The smallest absolute Gasteiger partial charge is 0.225 e. The van der Waals surface area contributed by atoms with Crippen LogP contribution < -0.4 is 5.32 Å². The van der Waals surface area contributed by atoms with Gasteiger partial charge in [0.05, 0.1) is 5.69 Å². The number of carbonyl (C=O) groups is 1. The van der Waals surface area contributed by atoms with Crippen LogP contribution in [0.25, 0.3) is 0 Å². The van der Waals surface area contributed by atoms with Crippen molar-refractivity contribution < 1.29 is 14.3 Å². The average molecular weight is 218 g/mol. The van der Waals surface area contributed by atoms with Gasteiger partial charge in [0.25, 0.3) is 0 Å². The summed E-state index contributed by atoms with van der Waals surface area (Å²) in [6, 6.07) is 3.51. The van der Waals surface area contributed by atoms with Crippen molar-refractivity contribution in [3.63, 3.8) is 0 Å². The minimum atomic E-state index is -0.673. The number of phenols is 1. The lowest BCUT2D eigenvalue weighted by atomic mass is 10.3. The molecule has 3 nitrogen and oxygen atoms in total. The standard InChI is InChI=1S/C9H9ClFNO2/c10-4-3-9(14)12-8-2-1-6(13)5-7(8)11/h1-2,5,13H,3-4H2,(H,12,14). The second-order valence-corrected chi connectivity index (χ2v) is 3.03. The van der Waals surface area contributed by atoms with Gasteiger partial charge in [-0.2, -0.15) is 0 Å². The molecule has 0 aliphatic carbocycles. The van der Waals surface area contributed by atoms with E-state index in [2.05, 4.69) is 5.32 Å². The summed E-state index contributed by atoms with van der Waals surface area (Å²) in [5.74, 6) is -1.03. The molecule has 5 heteroatoms. The largest absolute Gasteiger partial charge is 0.508 e. The van der Waals surface area contributed by atoms with Crippen molar-refractivity contribution in [2.24, 2.45) is 0 Å². The van der Waals surface area contributed by atoms with E-state index in [0.29, 0.717) is 0 Å². The third-order valence-electron chi connectivity index (χ3n) is 1.55. The fraction of sp³-hybridized carbons (Fsp3) is 0.222. The van der Waals surface area contributed by atoms with Crippen molar-refractivity contribution in [1.82, 2.24) is 0 Å². The Morgan fingerprint density at radius 2 is 2.29 bits per heavy atom. The Hall–Kier alpha value is -1.29. The molecule has 1 rings (SSSR count). The molecular weight excluding hydrogens is 209 g/mol.